The average Bonchev–Trinajstić information content (AvgIpc) is 2.87. The van der Waals surface area contributed by atoms with Gasteiger partial charge in [0.05, 0.1) is 25.3 Å². The van der Waals surface area contributed by atoms with Gasteiger partial charge in [0.15, 0.2) is 4.80 Å². The lowest BCUT2D eigenvalue weighted by molar-refractivity contribution is -0.142. The number of nitrogens with zero attached hydrogens (tertiary/aromatic N) is 2. The fraction of sp³-hybridized carbons (Fsp3) is 0.412. The van der Waals surface area contributed by atoms with Gasteiger partial charge in [-0.05, 0) is 38.0 Å². The van der Waals surface area contributed by atoms with Gasteiger partial charge in [-0.15, -0.1) is 11.3 Å². The van der Waals surface area contributed by atoms with Crippen LogP contribution in [0.25, 0.3) is 0 Å². The van der Waals surface area contributed by atoms with Crippen molar-refractivity contribution in [2.75, 3.05) is 13.2 Å². The number of benzene rings is 1. The summed E-state index contributed by atoms with van der Waals surface area (Å²) in [5.41, 5.74) is 4.03. The number of hydrogen-bond donors (Lipinski definition) is 1. The maximum absolute atomic E-state index is 11.7. The summed E-state index contributed by atoms with van der Waals surface area (Å²) >= 11 is 1.46. The van der Waals surface area contributed by atoms with Crippen LogP contribution >= 0.6 is 11.3 Å². The van der Waals surface area contributed by atoms with E-state index < -0.39 is 0 Å². The minimum absolute atomic E-state index is 0.00740. The number of ether oxygens (including phenoxy) is 1. The van der Waals surface area contributed by atoms with Crippen molar-refractivity contribution < 1.29 is 14.6 Å². The van der Waals surface area contributed by atoms with Crippen LogP contribution in [-0.4, -0.2) is 28.9 Å². The van der Waals surface area contributed by atoms with Crippen LogP contribution in [0.4, 0.5) is 5.69 Å². The van der Waals surface area contributed by atoms with Crippen molar-refractivity contribution >= 4 is 23.0 Å². The summed E-state index contributed by atoms with van der Waals surface area (Å²) in [5, 5.41) is 11.2. The van der Waals surface area contributed by atoms with Crippen molar-refractivity contribution in [1.82, 2.24) is 4.57 Å². The Hall–Kier alpha value is -1.92. The molecule has 0 aliphatic rings. The molecule has 0 saturated carbocycles. The Morgan fingerprint density at radius 2 is 2.17 bits per heavy atom. The molecule has 0 amide bonds. The molecule has 23 heavy (non-hydrogen) atoms. The van der Waals surface area contributed by atoms with Gasteiger partial charge in [0.1, 0.15) is 0 Å². The molecule has 0 spiro atoms. The number of rotatable bonds is 6. The SMILES string of the molecule is CCOC(=O)Cc1csc(=Nc2cccc(C)c2C)n1CCO. The van der Waals surface area contributed by atoms with Crippen molar-refractivity contribution in [3.05, 3.63) is 45.2 Å². The predicted molar refractivity (Wildman–Crippen MR) is 90.9 cm³/mol. The summed E-state index contributed by atoms with van der Waals surface area (Å²) in [6.07, 6.45) is 0.187. The Morgan fingerprint density at radius 1 is 1.39 bits per heavy atom. The molecule has 0 radical (unpaired) electrons. The Labute approximate surface area is 139 Å². The van der Waals surface area contributed by atoms with Crippen LogP contribution in [0.1, 0.15) is 23.7 Å². The molecule has 6 heteroatoms. The molecule has 1 heterocycles. The van der Waals surface area contributed by atoms with Crippen LogP contribution in [0.3, 0.4) is 0 Å². The van der Waals surface area contributed by atoms with Gasteiger partial charge in [-0.1, -0.05) is 12.1 Å². The van der Waals surface area contributed by atoms with E-state index in [2.05, 4.69) is 13.0 Å². The van der Waals surface area contributed by atoms with E-state index >= 15 is 0 Å². The topological polar surface area (TPSA) is 63.8 Å². The first-order chi connectivity index (χ1) is 11.1. The summed E-state index contributed by atoms with van der Waals surface area (Å²) in [5.74, 6) is -0.268. The second-order valence-corrected chi connectivity index (χ2v) is 6.03. The minimum Gasteiger partial charge on any atom is -0.466 e. The molecule has 0 bridgehead atoms. The first-order valence-corrected chi connectivity index (χ1v) is 8.49. The number of carbonyl (C=O) groups is 1. The molecule has 1 aromatic carbocycles. The lowest BCUT2D eigenvalue weighted by Crippen LogP contribution is -2.21. The minimum atomic E-state index is -0.268. The maximum atomic E-state index is 11.7. The molecule has 1 aromatic heterocycles. The lowest BCUT2D eigenvalue weighted by atomic mass is 10.1. The van der Waals surface area contributed by atoms with E-state index in [0.717, 1.165) is 21.7 Å². The van der Waals surface area contributed by atoms with Crippen LogP contribution in [0, 0.1) is 13.8 Å². The summed E-state index contributed by atoms with van der Waals surface area (Å²) in [6, 6.07) is 6.00. The molecule has 0 unspecified atom stereocenters. The monoisotopic (exact) mass is 334 g/mol. The lowest BCUT2D eigenvalue weighted by Gasteiger charge is -2.08. The molecular weight excluding hydrogens is 312 g/mol. The Morgan fingerprint density at radius 3 is 2.87 bits per heavy atom. The van der Waals surface area contributed by atoms with Gasteiger partial charge in [0.2, 0.25) is 0 Å². The fourth-order valence-electron chi connectivity index (χ4n) is 2.25. The standard InChI is InChI=1S/C17H22N2O3S/c1-4-22-16(21)10-14-11-23-17(19(14)8-9-20)18-15-7-5-6-12(2)13(15)3/h5-7,11,20H,4,8-10H2,1-3H3. The summed E-state index contributed by atoms with van der Waals surface area (Å²) in [4.78, 5) is 17.2. The zero-order valence-corrected chi connectivity index (χ0v) is 14.5. The molecule has 0 aliphatic heterocycles. The van der Waals surface area contributed by atoms with Crippen molar-refractivity contribution in [2.45, 2.75) is 33.7 Å². The summed E-state index contributed by atoms with van der Waals surface area (Å²) in [7, 11) is 0. The number of thiazole rings is 1. The second-order valence-electron chi connectivity index (χ2n) is 5.20. The largest absolute Gasteiger partial charge is 0.466 e. The molecule has 5 nitrogen and oxygen atoms in total. The van der Waals surface area contributed by atoms with Gasteiger partial charge >= 0.3 is 5.97 Å². The first kappa shape index (κ1) is 17.4. The zero-order valence-electron chi connectivity index (χ0n) is 13.7. The Kier molecular flexibility index (Phi) is 6.12. The van der Waals surface area contributed by atoms with Crippen molar-refractivity contribution in [3.63, 3.8) is 0 Å². The van der Waals surface area contributed by atoms with Crippen molar-refractivity contribution in [3.8, 4) is 0 Å². The van der Waals surface area contributed by atoms with Crippen LogP contribution in [0.15, 0.2) is 28.6 Å². The van der Waals surface area contributed by atoms with E-state index in [1.54, 1.807) is 6.92 Å². The third-order valence-electron chi connectivity index (χ3n) is 3.62. The van der Waals surface area contributed by atoms with Crippen LogP contribution in [-0.2, 0) is 22.5 Å². The van der Waals surface area contributed by atoms with Gasteiger partial charge in [0.25, 0.3) is 0 Å². The molecule has 0 atom stereocenters. The summed E-state index contributed by atoms with van der Waals surface area (Å²) < 4.78 is 6.88. The number of aliphatic hydroxyl groups excluding tert-OH is 1. The third kappa shape index (κ3) is 4.30. The van der Waals surface area contributed by atoms with Crippen LogP contribution in [0.2, 0.25) is 0 Å². The molecule has 2 rings (SSSR count). The Bertz CT molecular complexity index is 747. The molecule has 0 saturated heterocycles. The molecule has 0 aliphatic carbocycles. The number of aliphatic hydroxyl groups is 1. The van der Waals surface area contributed by atoms with Gasteiger partial charge in [-0.3, -0.25) is 4.79 Å². The van der Waals surface area contributed by atoms with Crippen molar-refractivity contribution in [1.29, 1.82) is 0 Å². The van der Waals surface area contributed by atoms with E-state index in [-0.39, 0.29) is 19.0 Å². The zero-order chi connectivity index (χ0) is 16.8. The van der Waals surface area contributed by atoms with E-state index in [4.69, 9.17) is 9.73 Å². The van der Waals surface area contributed by atoms with E-state index in [1.807, 2.05) is 29.0 Å². The number of aromatic nitrogens is 1. The van der Waals surface area contributed by atoms with Gasteiger partial charge in [-0.25, -0.2) is 4.99 Å². The highest BCUT2D eigenvalue weighted by Crippen LogP contribution is 2.20. The Balaban J connectivity index is 2.42. The smallest absolute Gasteiger partial charge is 0.311 e. The highest BCUT2D eigenvalue weighted by atomic mass is 32.1. The van der Waals surface area contributed by atoms with Gasteiger partial charge < -0.3 is 14.4 Å². The average molecular weight is 334 g/mol. The first-order valence-electron chi connectivity index (χ1n) is 7.61. The van der Waals surface area contributed by atoms with Crippen LogP contribution < -0.4 is 4.80 Å². The predicted octanol–water partition coefficient (Wildman–Crippen LogP) is 2.50. The quantitative estimate of drug-likeness (QED) is 0.826. The number of esters is 1. The maximum Gasteiger partial charge on any atom is 0.311 e. The molecule has 0 fully saturated rings. The normalized spacial score (nSPS) is 11.7. The van der Waals surface area contributed by atoms with E-state index in [9.17, 15) is 9.90 Å². The number of hydrogen-bond acceptors (Lipinski definition) is 5. The third-order valence-corrected chi connectivity index (χ3v) is 4.54. The van der Waals surface area contributed by atoms with Gasteiger partial charge in [-0.2, -0.15) is 0 Å². The highest BCUT2D eigenvalue weighted by molar-refractivity contribution is 7.07. The number of carbonyl (C=O) groups excluding carboxylic acids is 1. The highest BCUT2D eigenvalue weighted by Gasteiger charge is 2.11. The molecular formula is C17H22N2O3S. The molecule has 1 N–H and O–H groups in total. The second kappa shape index (κ2) is 8.08. The summed E-state index contributed by atoms with van der Waals surface area (Å²) in [6.45, 7) is 6.64. The van der Waals surface area contributed by atoms with Gasteiger partial charge in [0, 0.05) is 17.6 Å². The molecule has 124 valence electrons. The van der Waals surface area contributed by atoms with E-state index in [1.165, 1.54) is 16.9 Å². The number of aryl methyl sites for hydroxylation is 1. The molecule has 2 aromatic rings. The fourth-order valence-corrected chi connectivity index (χ4v) is 3.19. The van der Waals surface area contributed by atoms with E-state index in [0.29, 0.717) is 13.2 Å². The van der Waals surface area contributed by atoms with Crippen LogP contribution in [0.5, 0.6) is 0 Å². The van der Waals surface area contributed by atoms with Crippen molar-refractivity contribution in [2.24, 2.45) is 4.99 Å².